The number of H-pyrrole nitrogens is 1. The van der Waals surface area contributed by atoms with Gasteiger partial charge in [-0.25, -0.2) is 8.42 Å². The summed E-state index contributed by atoms with van der Waals surface area (Å²) in [5.41, 5.74) is 0.862. The van der Waals surface area contributed by atoms with Gasteiger partial charge in [0.05, 0.1) is 18.1 Å². The van der Waals surface area contributed by atoms with Crippen LogP contribution in [0.1, 0.15) is 31.9 Å². The number of nitrogens with zero attached hydrogens (tertiary/aromatic N) is 1. The molecule has 8 heteroatoms. The van der Waals surface area contributed by atoms with Crippen molar-refractivity contribution < 1.29 is 17.9 Å². The van der Waals surface area contributed by atoms with E-state index in [0.717, 1.165) is 12.1 Å². The van der Waals surface area contributed by atoms with Crippen LogP contribution in [0, 0.1) is 0 Å². The lowest BCUT2D eigenvalue weighted by Gasteiger charge is -2.10. The molecule has 1 aliphatic heterocycles. The predicted molar refractivity (Wildman–Crippen MR) is 85.5 cm³/mol. The Balaban J connectivity index is 1.85. The first kappa shape index (κ1) is 15.7. The van der Waals surface area contributed by atoms with Crippen LogP contribution in [-0.4, -0.2) is 31.8 Å². The highest BCUT2D eigenvalue weighted by Gasteiger charge is 2.20. The SMILES string of the molecule is CC(C)c1cc(NS(=O)(=O)c2ccc3c(c2)OCCCO3)n[nH]1. The summed E-state index contributed by atoms with van der Waals surface area (Å²) in [6, 6.07) is 6.26. The van der Waals surface area contributed by atoms with Gasteiger partial charge in [0.25, 0.3) is 10.0 Å². The third-order valence-corrected chi connectivity index (χ3v) is 4.84. The molecule has 2 aromatic rings. The molecule has 3 rings (SSSR count). The summed E-state index contributed by atoms with van der Waals surface area (Å²) < 4.78 is 38.5. The van der Waals surface area contributed by atoms with Crippen LogP contribution in [0.4, 0.5) is 5.82 Å². The second-order valence-electron chi connectivity index (χ2n) is 5.63. The molecule has 0 aliphatic carbocycles. The molecule has 2 N–H and O–H groups in total. The minimum Gasteiger partial charge on any atom is -0.490 e. The molecule has 1 aromatic heterocycles. The molecule has 0 saturated carbocycles. The highest BCUT2D eigenvalue weighted by molar-refractivity contribution is 7.92. The second-order valence-corrected chi connectivity index (χ2v) is 7.31. The standard InChI is InChI=1S/C15H19N3O4S/c1-10(2)12-9-15(17-16-12)18-23(19,20)11-4-5-13-14(8-11)22-7-3-6-21-13/h4-5,8-10H,3,6-7H2,1-2H3,(H2,16,17,18). The molecule has 124 valence electrons. The van der Waals surface area contributed by atoms with E-state index in [4.69, 9.17) is 9.47 Å². The Labute approximate surface area is 135 Å². The molecular weight excluding hydrogens is 318 g/mol. The number of benzene rings is 1. The average molecular weight is 337 g/mol. The smallest absolute Gasteiger partial charge is 0.263 e. The Morgan fingerprint density at radius 2 is 1.91 bits per heavy atom. The summed E-state index contributed by atoms with van der Waals surface area (Å²) in [7, 11) is -3.74. The lowest BCUT2D eigenvalue weighted by Crippen LogP contribution is -2.13. The number of anilines is 1. The van der Waals surface area contributed by atoms with Crippen molar-refractivity contribution in [3.8, 4) is 11.5 Å². The molecule has 23 heavy (non-hydrogen) atoms. The van der Waals surface area contributed by atoms with Gasteiger partial charge in [-0.3, -0.25) is 9.82 Å². The second kappa shape index (κ2) is 6.11. The van der Waals surface area contributed by atoms with Crippen molar-refractivity contribution in [3.05, 3.63) is 30.0 Å². The van der Waals surface area contributed by atoms with E-state index in [1.165, 1.54) is 12.1 Å². The molecule has 0 bridgehead atoms. The normalized spacial score (nSPS) is 14.6. The summed E-state index contributed by atoms with van der Waals surface area (Å²) in [6.45, 7) is 5.05. The molecule has 0 spiro atoms. The lowest BCUT2D eigenvalue weighted by molar-refractivity contribution is 0.297. The minimum atomic E-state index is -3.74. The number of rotatable bonds is 4. The maximum Gasteiger partial charge on any atom is 0.263 e. The van der Waals surface area contributed by atoms with Gasteiger partial charge in [0, 0.05) is 24.2 Å². The number of fused-ring (bicyclic) bond motifs is 1. The largest absolute Gasteiger partial charge is 0.490 e. The van der Waals surface area contributed by atoms with Crippen LogP contribution in [0.15, 0.2) is 29.2 Å². The molecule has 0 saturated heterocycles. The summed E-state index contributed by atoms with van der Waals surface area (Å²) in [6.07, 6.45) is 0.764. The molecule has 0 unspecified atom stereocenters. The summed E-state index contributed by atoms with van der Waals surface area (Å²) >= 11 is 0. The zero-order chi connectivity index (χ0) is 16.4. The maximum absolute atomic E-state index is 12.5. The lowest BCUT2D eigenvalue weighted by atomic mass is 10.1. The Hall–Kier alpha value is -2.22. The number of ether oxygens (including phenoxy) is 2. The van der Waals surface area contributed by atoms with E-state index in [-0.39, 0.29) is 16.6 Å². The summed E-state index contributed by atoms with van der Waals surface area (Å²) in [4.78, 5) is 0.107. The molecule has 0 amide bonds. The monoisotopic (exact) mass is 337 g/mol. The molecule has 0 radical (unpaired) electrons. The van der Waals surface area contributed by atoms with Crippen molar-refractivity contribution in [1.29, 1.82) is 0 Å². The predicted octanol–water partition coefficient (Wildman–Crippen LogP) is 2.50. The third kappa shape index (κ3) is 3.42. The van der Waals surface area contributed by atoms with Crippen molar-refractivity contribution in [2.75, 3.05) is 17.9 Å². The Bertz CT molecular complexity index is 799. The first-order valence-corrected chi connectivity index (χ1v) is 8.92. The molecular formula is C15H19N3O4S. The summed E-state index contributed by atoms with van der Waals surface area (Å²) in [5, 5.41) is 6.80. The van der Waals surface area contributed by atoms with Crippen molar-refractivity contribution in [1.82, 2.24) is 10.2 Å². The van der Waals surface area contributed by atoms with Crippen LogP contribution in [0.2, 0.25) is 0 Å². The Morgan fingerprint density at radius 1 is 1.17 bits per heavy atom. The van der Waals surface area contributed by atoms with Gasteiger partial charge in [0.1, 0.15) is 0 Å². The average Bonchev–Trinajstić information content (AvgIpc) is 2.83. The molecule has 1 aromatic carbocycles. The fraction of sp³-hybridized carbons (Fsp3) is 0.400. The zero-order valence-corrected chi connectivity index (χ0v) is 13.8. The van der Waals surface area contributed by atoms with Crippen LogP contribution in [0.5, 0.6) is 11.5 Å². The van der Waals surface area contributed by atoms with Gasteiger partial charge in [-0.15, -0.1) is 0 Å². The van der Waals surface area contributed by atoms with Crippen LogP contribution in [-0.2, 0) is 10.0 Å². The van der Waals surface area contributed by atoms with Gasteiger partial charge in [0.2, 0.25) is 0 Å². The van der Waals surface area contributed by atoms with Gasteiger partial charge in [0.15, 0.2) is 17.3 Å². The minimum absolute atomic E-state index is 0.107. The maximum atomic E-state index is 12.5. The number of hydrogen-bond acceptors (Lipinski definition) is 5. The zero-order valence-electron chi connectivity index (χ0n) is 13.0. The fourth-order valence-corrected chi connectivity index (χ4v) is 3.20. The van der Waals surface area contributed by atoms with E-state index in [1.807, 2.05) is 13.8 Å². The van der Waals surface area contributed by atoms with E-state index in [9.17, 15) is 8.42 Å². The molecule has 0 atom stereocenters. The number of nitrogens with one attached hydrogen (secondary N) is 2. The quantitative estimate of drug-likeness (QED) is 0.894. The van der Waals surface area contributed by atoms with Gasteiger partial charge in [-0.2, -0.15) is 5.10 Å². The topological polar surface area (TPSA) is 93.3 Å². The molecule has 1 aliphatic rings. The molecule has 7 nitrogen and oxygen atoms in total. The number of hydrogen-bond donors (Lipinski definition) is 2. The number of aromatic nitrogens is 2. The van der Waals surface area contributed by atoms with E-state index >= 15 is 0 Å². The van der Waals surface area contributed by atoms with E-state index < -0.39 is 10.0 Å². The van der Waals surface area contributed by atoms with Crippen molar-refractivity contribution >= 4 is 15.8 Å². The van der Waals surface area contributed by atoms with Crippen molar-refractivity contribution in [2.45, 2.75) is 31.1 Å². The first-order chi connectivity index (χ1) is 11.0. The van der Waals surface area contributed by atoms with Crippen LogP contribution >= 0.6 is 0 Å². The number of aromatic amines is 1. The Kier molecular flexibility index (Phi) is 4.16. The van der Waals surface area contributed by atoms with E-state index in [0.29, 0.717) is 24.7 Å². The van der Waals surface area contributed by atoms with Crippen LogP contribution in [0.25, 0.3) is 0 Å². The van der Waals surface area contributed by atoms with Crippen LogP contribution < -0.4 is 14.2 Å². The molecule has 0 fully saturated rings. The van der Waals surface area contributed by atoms with Gasteiger partial charge >= 0.3 is 0 Å². The summed E-state index contributed by atoms with van der Waals surface area (Å²) in [5.74, 6) is 1.50. The first-order valence-electron chi connectivity index (χ1n) is 7.43. The Morgan fingerprint density at radius 3 is 2.61 bits per heavy atom. The fourth-order valence-electron chi connectivity index (χ4n) is 2.19. The van der Waals surface area contributed by atoms with E-state index in [2.05, 4.69) is 14.9 Å². The highest BCUT2D eigenvalue weighted by atomic mass is 32.2. The van der Waals surface area contributed by atoms with Crippen molar-refractivity contribution in [2.24, 2.45) is 0 Å². The van der Waals surface area contributed by atoms with Crippen molar-refractivity contribution in [3.63, 3.8) is 0 Å². The highest BCUT2D eigenvalue weighted by Crippen LogP contribution is 2.32. The van der Waals surface area contributed by atoms with Crippen LogP contribution in [0.3, 0.4) is 0 Å². The molecule has 2 heterocycles. The van der Waals surface area contributed by atoms with E-state index in [1.54, 1.807) is 12.1 Å². The van der Waals surface area contributed by atoms with Gasteiger partial charge < -0.3 is 9.47 Å². The third-order valence-electron chi connectivity index (χ3n) is 3.49. The number of sulfonamides is 1. The van der Waals surface area contributed by atoms with Gasteiger partial charge in [-0.1, -0.05) is 13.8 Å². The van der Waals surface area contributed by atoms with Gasteiger partial charge in [-0.05, 0) is 18.1 Å².